The number of hydrogen-bond donors (Lipinski definition) is 2. The zero-order chi connectivity index (χ0) is 11.4. The second-order valence-electron chi connectivity index (χ2n) is 3.97. The first-order valence-electron chi connectivity index (χ1n) is 5.52. The van der Waals surface area contributed by atoms with E-state index in [1.54, 1.807) is 12.1 Å². The molecule has 2 rings (SSSR count). The third-order valence-corrected chi connectivity index (χ3v) is 3.91. The highest BCUT2D eigenvalue weighted by atomic mass is 35.5. The van der Waals surface area contributed by atoms with Crippen molar-refractivity contribution in [2.75, 3.05) is 13.1 Å². The molecule has 1 aromatic rings. The van der Waals surface area contributed by atoms with Crippen molar-refractivity contribution >= 4 is 28.8 Å². The number of amides is 1. The van der Waals surface area contributed by atoms with E-state index in [1.165, 1.54) is 24.2 Å². The SMILES string of the molecule is O=C(NC1CCCCNC1)c1ccc(Cl)s1. The van der Waals surface area contributed by atoms with E-state index >= 15 is 0 Å². The van der Waals surface area contributed by atoms with Gasteiger partial charge >= 0.3 is 0 Å². The molecule has 1 fully saturated rings. The van der Waals surface area contributed by atoms with Crippen LogP contribution in [0.4, 0.5) is 0 Å². The van der Waals surface area contributed by atoms with Crippen molar-refractivity contribution in [1.29, 1.82) is 0 Å². The van der Waals surface area contributed by atoms with Gasteiger partial charge in [0.1, 0.15) is 0 Å². The first kappa shape index (κ1) is 11.9. The fraction of sp³-hybridized carbons (Fsp3) is 0.545. The van der Waals surface area contributed by atoms with Crippen molar-refractivity contribution in [3.63, 3.8) is 0 Å². The van der Waals surface area contributed by atoms with Gasteiger partial charge in [0.05, 0.1) is 9.21 Å². The zero-order valence-corrected chi connectivity index (χ0v) is 10.5. The van der Waals surface area contributed by atoms with Crippen LogP contribution in [-0.4, -0.2) is 25.0 Å². The Morgan fingerprint density at radius 1 is 1.50 bits per heavy atom. The van der Waals surface area contributed by atoms with Crippen LogP contribution in [0.25, 0.3) is 0 Å². The molecule has 0 aromatic carbocycles. The average Bonchev–Trinajstić information content (AvgIpc) is 2.54. The summed E-state index contributed by atoms with van der Waals surface area (Å²) in [4.78, 5) is 12.5. The first-order chi connectivity index (χ1) is 7.75. The molecule has 2 heterocycles. The van der Waals surface area contributed by atoms with Crippen LogP contribution in [0.2, 0.25) is 4.34 Å². The molecular formula is C11H15ClN2OS. The Morgan fingerprint density at radius 2 is 2.38 bits per heavy atom. The number of rotatable bonds is 2. The fourth-order valence-corrected chi connectivity index (χ4v) is 2.78. The molecule has 0 radical (unpaired) electrons. The van der Waals surface area contributed by atoms with Crippen LogP contribution in [0.3, 0.4) is 0 Å². The monoisotopic (exact) mass is 258 g/mol. The molecule has 0 bridgehead atoms. The molecule has 0 aliphatic carbocycles. The summed E-state index contributed by atoms with van der Waals surface area (Å²) >= 11 is 7.12. The molecule has 1 amide bonds. The lowest BCUT2D eigenvalue weighted by molar-refractivity contribution is 0.0939. The summed E-state index contributed by atoms with van der Waals surface area (Å²) in [6.45, 7) is 1.92. The van der Waals surface area contributed by atoms with Gasteiger partial charge in [-0.1, -0.05) is 18.0 Å². The van der Waals surface area contributed by atoms with Gasteiger partial charge in [-0.2, -0.15) is 0 Å². The second-order valence-corrected chi connectivity index (χ2v) is 5.69. The van der Waals surface area contributed by atoms with Gasteiger partial charge < -0.3 is 10.6 Å². The van der Waals surface area contributed by atoms with Gasteiger partial charge in [-0.25, -0.2) is 0 Å². The molecule has 16 heavy (non-hydrogen) atoms. The van der Waals surface area contributed by atoms with Gasteiger partial charge in [0, 0.05) is 12.6 Å². The van der Waals surface area contributed by atoms with Gasteiger partial charge in [-0.3, -0.25) is 4.79 Å². The summed E-state index contributed by atoms with van der Waals surface area (Å²) in [7, 11) is 0. The van der Waals surface area contributed by atoms with Crippen LogP contribution < -0.4 is 10.6 Å². The molecule has 1 atom stereocenters. The van der Waals surface area contributed by atoms with Crippen LogP contribution >= 0.6 is 22.9 Å². The Balaban J connectivity index is 1.90. The lowest BCUT2D eigenvalue weighted by atomic mass is 10.1. The molecule has 1 aliphatic heterocycles. The molecule has 1 saturated heterocycles. The smallest absolute Gasteiger partial charge is 0.261 e. The van der Waals surface area contributed by atoms with Gasteiger partial charge in [0.25, 0.3) is 5.91 Å². The highest BCUT2D eigenvalue weighted by molar-refractivity contribution is 7.17. The minimum Gasteiger partial charge on any atom is -0.347 e. The quantitative estimate of drug-likeness (QED) is 0.855. The summed E-state index contributed by atoms with van der Waals surface area (Å²) < 4.78 is 0.657. The van der Waals surface area contributed by atoms with Crippen molar-refractivity contribution in [3.05, 3.63) is 21.3 Å². The standard InChI is InChI=1S/C11H15ClN2OS/c12-10-5-4-9(16-10)11(15)14-8-3-1-2-6-13-7-8/h4-5,8,13H,1-3,6-7H2,(H,14,15). The topological polar surface area (TPSA) is 41.1 Å². The summed E-state index contributed by atoms with van der Waals surface area (Å²) in [5.74, 6) is -0.00870. The van der Waals surface area contributed by atoms with E-state index in [-0.39, 0.29) is 11.9 Å². The number of thiophene rings is 1. The summed E-state index contributed by atoms with van der Waals surface area (Å²) in [6, 6.07) is 3.77. The lowest BCUT2D eigenvalue weighted by Crippen LogP contribution is -2.40. The number of hydrogen-bond acceptors (Lipinski definition) is 3. The van der Waals surface area contributed by atoms with E-state index < -0.39 is 0 Å². The number of halogens is 1. The largest absolute Gasteiger partial charge is 0.347 e. The number of carbonyl (C=O) groups is 1. The Labute approximate surface area is 104 Å². The predicted molar refractivity (Wildman–Crippen MR) is 67.3 cm³/mol. The summed E-state index contributed by atoms with van der Waals surface area (Å²) in [5, 5.41) is 6.36. The van der Waals surface area contributed by atoms with Crippen molar-refractivity contribution in [3.8, 4) is 0 Å². The van der Waals surface area contributed by atoms with Crippen LogP contribution in [-0.2, 0) is 0 Å². The van der Waals surface area contributed by atoms with Crippen LogP contribution in [0.1, 0.15) is 28.9 Å². The van der Waals surface area contributed by atoms with Crippen molar-refractivity contribution < 1.29 is 4.79 Å². The molecule has 0 spiro atoms. The Hall–Kier alpha value is -0.580. The van der Waals surface area contributed by atoms with E-state index in [4.69, 9.17) is 11.6 Å². The minimum absolute atomic E-state index is 0.00870. The number of carbonyl (C=O) groups excluding carboxylic acids is 1. The van der Waals surface area contributed by atoms with Gasteiger partial charge in [-0.15, -0.1) is 11.3 Å². The molecule has 2 N–H and O–H groups in total. The van der Waals surface area contributed by atoms with E-state index in [0.717, 1.165) is 19.5 Å². The Bertz CT molecular complexity index is 359. The molecular weight excluding hydrogens is 244 g/mol. The maximum atomic E-state index is 11.9. The van der Waals surface area contributed by atoms with E-state index in [0.29, 0.717) is 9.21 Å². The van der Waals surface area contributed by atoms with Crippen LogP contribution in [0.5, 0.6) is 0 Å². The Kier molecular flexibility index (Phi) is 4.21. The normalized spacial score (nSPS) is 21.4. The maximum Gasteiger partial charge on any atom is 0.261 e. The Morgan fingerprint density at radius 3 is 3.12 bits per heavy atom. The van der Waals surface area contributed by atoms with Crippen molar-refractivity contribution in [2.24, 2.45) is 0 Å². The maximum absolute atomic E-state index is 11.9. The van der Waals surface area contributed by atoms with Crippen LogP contribution in [0, 0.1) is 0 Å². The van der Waals surface area contributed by atoms with Gasteiger partial charge in [-0.05, 0) is 31.5 Å². The molecule has 1 aliphatic rings. The van der Waals surface area contributed by atoms with Crippen LogP contribution in [0.15, 0.2) is 12.1 Å². The second kappa shape index (κ2) is 5.66. The molecule has 88 valence electrons. The van der Waals surface area contributed by atoms with E-state index in [2.05, 4.69) is 10.6 Å². The lowest BCUT2D eigenvalue weighted by Gasteiger charge is -2.15. The first-order valence-corrected chi connectivity index (χ1v) is 6.72. The summed E-state index contributed by atoms with van der Waals surface area (Å²) in [5.41, 5.74) is 0. The minimum atomic E-state index is -0.00870. The molecule has 1 aromatic heterocycles. The van der Waals surface area contributed by atoms with Gasteiger partial charge in [0.2, 0.25) is 0 Å². The average molecular weight is 259 g/mol. The molecule has 1 unspecified atom stereocenters. The zero-order valence-electron chi connectivity index (χ0n) is 8.96. The number of nitrogens with one attached hydrogen (secondary N) is 2. The molecule has 0 saturated carbocycles. The highest BCUT2D eigenvalue weighted by Crippen LogP contribution is 2.21. The summed E-state index contributed by atoms with van der Waals surface area (Å²) in [6.07, 6.45) is 3.41. The van der Waals surface area contributed by atoms with Gasteiger partial charge in [0.15, 0.2) is 0 Å². The van der Waals surface area contributed by atoms with E-state index in [9.17, 15) is 4.79 Å². The molecule has 3 nitrogen and oxygen atoms in total. The van der Waals surface area contributed by atoms with Crippen molar-refractivity contribution in [1.82, 2.24) is 10.6 Å². The van der Waals surface area contributed by atoms with E-state index in [1.807, 2.05) is 0 Å². The third-order valence-electron chi connectivity index (χ3n) is 2.68. The predicted octanol–water partition coefficient (Wildman–Crippen LogP) is 2.27. The molecule has 5 heteroatoms. The third kappa shape index (κ3) is 3.20. The fourth-order valence-electron chi connectivity index (χ4n) is 1.84. The van der Waals surface area contributed by atoms with Crippen molar-refractivity contribution in [2.45, 2.75) is 25.3 Å². The highest BCUT2D eigenvalue weighted by Gasteiger charge is 2.16.